The summed E-state index contributed by atoms with van der Waals surface area (Å²) >= 11 is 0. The van der Waals surface area contributed by atoms with Gasteiger partial charge in [-0.3, -0.25) is 0 Å². The zero-order valence-electron chi connectivity index (χ0n) is 33.0. The maximum Gasteiger partial charge on any atom is 0.0693 e. The highest BCUT2D eigenvalue weighted by Crippen LogP contribution is 2.37. The van der Waals surface area contributed by atoms with Gasteiger partial charge >= 0.3 is 0 Å². The molecular weight excluding hydrogens is 661 g/mol. The highest BCUT2D eigenvalue weighted by Gasteiger charge is 2.20. The van der Waals surface area contributed by atoms with Gasteiger partial charge < -0.3 is 20.6 Å². The van der Waals surface area contributed by atoms with Gasteiger partial charge in [0, 0.05) is 35.2 Å². The van der Waals surface area contributed by atoms with E-state index in [9.17, 15) is 0 Å². The van der Waals surface area contributed by atoms with E-state index in [-0.39, 0.29) is 0 Å². The zero-order valence-corrected chi connectivity index (χ0v) is 33.0. The van der Waals surface area contributed by atoms with Gasteiger partial charge in [0.2, 0.25) is 0 Å². The van der Waals surface area contributed by atoms with Crippen LogP contribution in [0.2, 0.25) is 0 Å². The molecule has 3 aromatic heterocycles. The molecule has 0 amide bonds. The molecule has 0 aliphatic carbocycles. The predicted molar refractivity (Wildman–Crippen MR) is 229 cm³/mol. The molecule has 7 rings (SSSR count). The average Bonchev–Trinajstić information content (AvgIpc) is 3.85. The second kappa shape index (κ2) is 17.0. The lowest BCUT2D eigenvalue weighted by Crippen LogP contribution is -2.15. The Hall–Kier alpha value is -5.04. The van der Waals surface area contributed by atoms with E-state index in [1.54, 1.807) is 0 Å². The molecular formula is C48H56N6. The molecule has 6 heteroatoms. The van der Waals surface area contributed by atoms with Gasteiger partial charge in [0.25, 0.3) is 0 Å². The first-order valence-electron chi connectivity index (χ1n) is 20.0. The SMILES string of the molecule is CCC1=C(C)c2cc3[nH]c(cc4nc(cc5[nH]c(cc1n2)c(C)c5CC)C(C)=C4CCCNCc1ccccc1)c(CCCNCc1ccccc1)c3C. The van der Waals surface area contributed by atoms with Gasteiger partial charge in [-0.05, 0) is 159 Å². The number of aromatic amines is 2. The number of hydrogen-bond acceptors (Lipinski definition) is 4. The number of nitrogens with zero attached hydrogens (tertiary/aromatic N) is 2. The molecule has 5 heterocycles. The first-order valence-corrected chi connectivity index (χ1v) is 20.0. The Kier molecular flexibility index (Phi) is 11.7. The van der Waals surface area contributed by atoms with Crippen molar-refractivity contribution in [2.75, 3.05) is 13.1 Å². The molecule has 0 unspecified atom stereocenters. The van der Waals surface area contributed by atoms with Crippen LogP contribution in [0.15, 0.2) is 84.9 Å². The van der Waals surface area contributed by atoms with Gasteiger partial charge in [0.15, 0.2) is 0 Å². The first-order chi connectivity index (χ1) is 26.3. The minimum Gasteiger partial charge on any atom is -0.355 e. The van der Waals surface area contributed by atoms with E-state index in [1.807, 2.05) is 0 Å². The van der Waals surface area contributed by atoms with E-state index >= 15 is 0 Å². The van der Waals surface area contributed by atoms with Crippen LogP contribution in [-0.2, 0) is 25.9 Å². The molecule has 0 radical (unpaired) electrons. The van der Waals surface area contributed by atoms with E-state index in [2.05, 4.69) is 147 Å². The van der Waals surface area contributed by atoms with Crippen molar-refractivity contribution < 1.29 is 0 Å². The van der Waals surface area contributed by atoms with Gasteiger partial charge in [0.05, 0.1) is 22.8 Å². The van der Waals surface area contributed by atoms with Crippen LogP contribution in [0.4, 0.5) is 0 Å². The number of hydrogen-bond donors (Lipinski definition) is 4. The third-order valence-corrected chi connectivity index (χ3v) is 11.4. The van der Waals surface area contributed by atoms with Gasteiger partial charge in [-0.1, -0.05) is 74.5 Å². The summed E-state index contributed by atoms with van der Waals surface area (Å²) in [6.45, 7) is 17.1. The smallest absolute Gasteiger partial charge is 0.0693 e. The molecule has 0 spiro atoms. The number of allylic oxidation sites excluding steroid dienone is 4. The van der Waals surface area contributed by atoms with Crippen molar-refractivity contribution in [1.82, 2.24) is 30.6 Å². The molecule has 0 fully saturated rings. The Balaban J connectivity index is 1.31. The second-order valence-corrected chi connectivity index (χ2v) is 14.9. The second-order valence-electron chi connectivity index (χ2n) is 14.9. The normalized spacial score (nSPS) is 13.0. The number of H-pyrrole nitrogens is 2. The van der Waals surface area contributed by atoms with E-state index in [0.29, 0.717) is 0 Å². The number of rotatable bonds is 14. The third-order valence-electron chi connectivity index (χ3n) is 11.4. The van der Waals surface area contributed by atoms with Crippen molar-refractivity contribution in [1.29, 1.82) is 0 Å². The van der Waals surface area contributed by atoms with Crippen molar-refractivity contribution in [3.05, 3.63) is 141 Å². The summed E-state index contributed by atoms with van der Waals surface area (Å²) in [5.41, 5.74) is 21.8. The first kappa shape index (κ1) is 37.3. The van der Waals surface area contributed by atoms with Gasteiger partial charge in [-0.15, -0.1) is 0 Å². The van der Waals surface area contributed by atoms with E-state index in [0.717, 1.165) is 110 Å². The Morgan fingerprint density at radius 3 is 1.54 bits per heavy atom. The Morgan fingerprint density at radius 2 is 0.963 bits per heavy atom. The number of fused-ring (bicyclic) bond motifs is 8. The maximum absolute atomic E-state index is 5.41. The number of aryl methyl sites for hydroxylation is 4. The van der Waals surface area contributed by atoms with Gasteiger partial charge in [0.1, 0.15) is 0 Å². The highest BCUT2D eigenvalue weighted by molar-refractivity contribution is 5.95. The Labute approximate surface area is 321 Å². The van der Waals surface area contributed by atoms with Crippen LogP contribution >= 0.6 is 0 Å². The molecule has 0 atom stereocenters. The maximum atomic E-state index is 5.41. The van der Waals surface area contributed by atoms with Crippen molar-refractivity contribution in [2.24, 2.45) is 0 Å². The van der Waals surface area contributed by atoms with E-state index in [1.165, 1.54) is 55.7 Å². The molecule has 2 aliphatic rings. The molecule has 2 aromatic carbocycles. The molecule has 6 nitrogen and oxygen atoms in total. The fourth-order valence-electron chi connectivity index (χ4n) is 8.19. The van der Waals surface area contributed by atoms with Crippen LogP contribution in [0.1, 0.15) is 110 Å². The minimum absolute atomic E-state index is 0.881. The monoisotopic (exact) mass is 716 g/mol. The number of benzene rings is 2. The summed E-state index contributed by atoms with van der Waals surface area (Å²) in [5.74, 6) is 0. The van der Waals surface area contributed by atoms with Crippen molar-refractivity contribution in [3.63, 3.8) is 0 Å². The summed E-state index contributed by atoms with van der Waals surface area (Å²) in [7, 11) is 0. The molecule has 54 heavy (non-hydrogen) atoms. The van der Waals surface area contributed by atoms with Crippen LogP contribution in [0, 0.1) is 13.8 Å². The van der Waals surface area contributed by atoms with Crippen LogP contribution in [0.3, 0.4) is 0 Å². The Morgan fingerprint density at radius 1 is 0.500 bits per heavy atom. The fraction of sp³-hybridized carbons (Fsp3) is 0.333. The van der Waals surface area contributed by atoms with E-state index < -0.39 is 0 Å². The summed E-state index contributed by atoms with van der Waals surface area (Å²) in [6, 6.07) is 30.5. The molecule has 278 valence electrons. The summed E-state index contributed by atoms with van der Waals surface area (Å²) < 4.78 is 0. The lowest BCUT2D eigenvalue weighted by molar-refractivity contribution is 0.650. The van der Waals surface area contributed by atoms with Crippen LogP contribution in [0.5, 0.6) is 0 Å². The standard InChI is InChI=1S/C48H56N6/c1-7-37-31(3)41-25-42-33(5)39(21-15-23-49-29-35-17-11-9-12-18-35)47(53-42)28-48-40(22-16-24-50-30-36-19-13-10-14-20-36)34(6)44(54-48)27-46-38(8-2)32(4)43(52-46)26-45(37)51-41/h9-14,17-20,25-28,49-50,52-53H,7-8,15-16,21-24,29-30H2,1-6H3. The van der Waals surface area contributed by atoms with Crippen molar-refractivity contribution in [3.8, 4) is 0 Å². The molecule has 0 saturated carbocycles. The Bertz CT molecular complexity index is 2340. The quantitative estimate of drug-likeness (QED) is 0.0863. The molecule has 4 N–H and O–H groups in total. The lowest BCUT2D eigenvalue weighted by Gasteiger charge is -2.08. The molecule has 0 saturated heterocycles. The average molecular weight is 717 g/mol. The third kappa shape index (κ3) is 8.06. The number of nitrogens with one attached hydrogen (secondary N) is 4. The molecule has 2 aliphatic heterocycles. The highest BCUT2D eigenvalue weighted by atomic mass is 14.9. The van der Waals surface area contributed by atoms with E-state index in [4.69, 9.17) is 9.97 Å². The van der Waals surface area contributed by atoms with Crippen LogP contribution < -0.4 is 10.6 Å². The minimum atomic E-state index is 0.881. The van der Waals surface area contributed by atoms with Gasteiger partial charge in [-0.25, -0.2) is 9.97 Å². The lowest BCUT2D eigenvalue weighted by atomic mass is 10.00. The molecule has 8 bridgehead atoms. The van der Waals surface area contributed by atoms with Crippen molar-refractivity contribution >= 4 is 44.4 Å². The predicted octanol–water partition coefficient (Wildman–Crippen LogP) is 11.1. The largest absolute Gasteiger partial charge is 0.355 e. The fourth-order valence-corrected chi connectivity index (χ4v) is 8.19. The number of aromatic nitrogens is 4. The summed E-state index contributed by atoms with van der Waals surface area (Å²) in [5, 5.41) is 7.33. The van der Waals surface area contributed by atoms with Gasteiger partial charge in [-0.2, -0.15) is 0 Å². The van der Waals surface area contributed by atoms with Crippen molar-refractivity contribution in [2.45, 2.75) is 93.2 Å². The van der Waals surface area contributed by atoms with Crippen LogP contribution in [0.25, 0.3) is 44.4 Å². The van der Waals surface area contributed by atoms with Crippen LogP contribution in [-0.4, -0.2) is 33.0 Å². The topological polar surface area (TPSA) is 81.4 Å². The summed E-state index contributed by atoms with van der Waals surface area (Å²) in [4.78, 5) is 18.4. The molecule has 5 aromatic rings. The summed E-state index contributed by atoms with van der Waals surface area (Å²) in [6.07, 6.45) is 5.89. The zero-order chi connectivity index (χ0) is 37.6.